The van der Waals surface area contributed by atoms with E-state index in [1.54, 1.807) is 6.21 Å². The molecular formula is C7H7N3. The van der Waals surface area contributed by atoms with E-state index in [0.717, 1.165) is 23.4 Å². The Morgan fingerprint density at radius 1 is 1.50 bits per heavy atom. The monoisotopic (exact) mass is 133 g/mol. The number of nitrogens with zero attached hydrogens (tertiary/aromatic N) is 2. The van der Waals surface area contributed by atoms with Crippen LogP contribution >= 0.6 is 0 Å². The smallest absolute Gasteiger partial charge is 0.0758 e. The van der Waals surface area contributed by atoms with Crippen molar-refractivity contribution in [3.63, 3.8) is 0 Å². The van der Waals surface area contributed by atoms with Gasteiger partial charge in [-0.15, -0.1) is 0 Å². The van der Waals surface area contributed by atoms with Gasteiger partial charge in [-0.1, -0.05) is 6.08 Å². The van der Waals surface area contributed by atoms with Crippen LogP contribution in [0.1, 0.15) is 6.42 Å². The summed E-state index contributed by atoms with van der Waals surface area (Å²) in [5, 5.41) is 7.68. The van der Waals surface area contributed by atoms with Crippen molar-refractivity contribution >= 4 is 11.9 Å². The quantitative estimate of drug-likeness (QED) is 0.516. The van der Waals surface area contributed by atoms with Crippen LogP contribution in [0.2, 0.25) is 0 Å². The highest BCUT2D eigenvalue weighted by molar-refractivity contribution is 6.19. The van der Waals surface area contributed by atoms with Crippen molar-refractivity contribution in [2.24, 2.45) is 15.9 Å². The molecule has 0 spiro atoms. The zero-order valence-corrected chi connectivity index (χ0v) is 5.41. The molecule has 1 aliphatic carbocycles. The van der Waals surface area contributed by atoms with E-state index in [-0.39, 0.29) is 0 Å². The third-order valence-electron chi connectivity index (χ3n) is 1.56. The molecule has 2 N–H and O–H groups in total. The summed E-state index contributed by atoms with van der Waals surface area (Å²) in [6.45, 7) is 0. The summed E-state index contributed by atoms with van der Waals surface area (Å²) >= 11 is 0. The van der Waals surface area contributed by atoms with Crippen LogP contribution in [0.15, 0.2) is 33.6 Å². The molecule has 0 saturated carbocycles. The van der Waals surface area contributed by atoms with Crippen LogP contribution < -0.4 is 5.73 Å². The van der Waals surface area contributed by atoms with Gasteiger partial charge in [0.05, 0.1) is 11.9 Å². The normalized spacial score (nSPS) is 21.4. The van der Waals surface area contributed by atoms with Gasteiger partial charge < -0.3 is 5.73 Å². The minimum Gasteiger partial charge on any atom is -0.399 e. The SMILES string of the molecule is NC1=CCC2=NN=CC2=C1. The zero-order valence-electron chi connectivity index (χ0n) is 5.41. The van der Waals surface area contributed by atoms with Gasteiger partial charge in [-0.3, -0.25) is 0 Å². The fourth-order valence-corrected chi connectivity index (χ4v) is 1.03. The highest BCUT2D eigenvalue weighted by atomic mass is 15.2. The average Bonchev–Trinajstić information content (AvgIpc) is 2.33. The molecule has 1 heterocycles. The summed E-state index contributed by atoms with van der Waals surface area (Å²) < 4.78 is 0. The third kappa shape index (κ3) is 0.673. The average molecular weight is 133 g/mol. The predicted molar refractivity (Wildman–Crippen MR) is 40.9 cm³/mol. The van der Waals surface area contributed by atoms with Crippen molar-refractivity contribution in [2.45, 2.75) is 6.42 Å². The molecule has 50 valence electrons. The van der Waals surface area contributed by atoms with Gasteiger partial charge in [0.2, 0.25) is 0 Å². The van der Waals surface area contributed by atoms with Crippen LogP contribution in [0.4, 0.5) is 0 Å². The summed E-state index contributed by atoms with van der Waals surface area (Å²) in [4.78, 5) is 0. The Bertz CT molecular complexity index is 281. The Kier molecular flexibility index (Phi) is 0.974. The highest BCUT2D eigenvalue weighted by Gasteiger charge is 2.12. The van der Waals surface area contributed by atoms with Gasteiger partial charge in [-0.05, 0) is 6.08 Å². The standard InChI is InChI=1S/C7H7N3/c8-6-1-2-7-5(3-6)4-9-10-7/h1,3-4H,2,8H2. The minimum absolute atomic E-state index is 0.808. The Labute approximate surface area is 58.6 Å². The van der Waals surface area contributed by atoms with Gasteiger partial charge in [-0.2, -0.15) is 10.2 Å². The Morgan fingerprint density at radius 3 is 3.30 bits per heavy atom. The van der Waals surface area contributed by atoms with Crippen molar-refractivity contribution in [3.8, 4) is 0 Å². The maximum atomic E-state index is 5.56. The Morgan fingerprint density at radius 2 is 2.40 bits per heavy atom. The Hall–Kier alpha value is -1.38. The number of hydrogen-bond donors (Lipinski definition) is 1. The van der Waals surface area contributed by atoms with Crippen LogP contribution in [0.25, 0.3) is 0 Å². The molecule has 0 radical (unpaired) electrons. The van der Waals surface area contributed by atoms with E-state index < -0.39 is 0 Å². The first-order valence-corrected chi connectivity index (χ1v) is 3.14. The van der Waals surface area contributed by atoms with Gasteiger partial charge >= 0.3 is 0 Å². The van der Waals surface area contributed by atoms with Crippen LogP contribution in [-0.2, 0) is 0 Å². The molecule has 3 heteroatoms. The van der Waals surface area contributed by atoms with E-state index in [9.17, 15) is 0 Å². The van der Waals surface area contributed by atoms with Gasteiger partial charge in [0.25, 0.3) is 0 Å². The number of fused-ring (bicyclic) bond motifs is 1. The lowest BCUT2D eigenvalue weighted by atomic mass is 10.0. The predicted octanol–water partition coefficient (Wildman–Crippen LogP) is 0.600. The van der Waals surface area contributed by atoms with Crippen molar-refractivity contribution in [2.75, 3.05) is 0 Å². The van der Waals surface area contributed by atoms with E-state index >= 15 is 0 Å². The van der Waals surface area contributed by atoms with E-state index in [1.165, 1.54) is 0 Å². The lowest BCUT2D eigenvalue weighted by molar-refractivity contribution is 1.23. The van der Waals surface area contributed by atoms with Crippen molar-refractivity contribution in [3.05, 3.63) is 23.4 Å². The summed E-state index contributed by atoms with van der Waals surface area (Å²) in [5.41, 5.74) is 8.44. The zero-order chi connectivity index (χ0) is 6.97. The van der Waals surface area contributed by atoms with Crippen LogP contribution in [0.5, 0.6) is 0 Å². The molecule has 0 aromatic carbocycles. The van der Waals surface area contributed by atoms with E-state index in [4.69, 9.17) is 5.73 Å². The fraction of sp³-hybridized carbons (Fsp3) is 0.143. The molecule has 0 unspecified atom stereocenters. The van der Waals surface area contributed by atoms with Gasteiger partial charge in [-0.25, -0.2) is 0 Å². The largest absolute Gasteiger partial charge is 0.399 e. The Balaban J connectivity index is 2.43. The van der Waals surface area contributed by atoms with E-state index in [2.05, 4.69) is 10.2 Å². The molecule has 10 heavy (non-hydrogen) atoms. The lowest BCUT2D eigenvalue weighted by Gasteiger charge is -2.04. The molecule has 2 rings (SSSR count). The number of nitrogens with two attached hydrogens (primary N) is 1. The van der Waals surface area contributed by atoms with E-state index in [1.807, 2.05) is 12.2 Å². The molecule has 3 nitrogen and oxygen atoms in total. The maximum absolute atomic E-state index is 5.56. The molecule has 0 saturated heterocycles. The minimum atomic E-state index is 0.808. The molecular weight excluding hydrogens is 126 g/mol. The molecule has 0 bridgehead atoms. The number of hydrogen-bond acceptors (Lipinski definition) is 3. The first kappa shape index (κ1) is 5.41. The second-order valence-electron chi connectivity index (χ2n) is 2.30. The first-order valence-electron chi connectivity index (χ1n) is 3.14. The molecule has 1 aliphatic heterocycles. The van der Waals surface area contributed by atoms with E-state index in [0.29, 0.717) is 0 Å². The second-order valence-corrected chi connectivity index (χ2v) is 2.30. The van der Waals surface area contributed by atoms with Crippen LogP contribution in [0, 0.1) is 0 Å². The first-order chi connectivity index (χ1) is 4.86. The maximum Gasteiger partial charge on any atom is 0.0758 e. The lowest BCUT2D eigenvalue weighted by Crippen LogP contribution is -2.08. The summed E-state index contributed by atoms with van der Waals surface area (Å²) in [6, 6.07) is 0. The fourth-order valence-electron chi connectivity index (χ4n) is 1.03. The van der Waals surface area contributed by atoms with Crippen LogP contribution in [0.3, 0.4) is 0 Å². The highest BCUT2D eigenvalue weighted by Crippen LogP contribution is 2.14. The van der Waals surface area contributed by atoms with Crippen molar-refractivity contribution in [1.82, 2.24) is 0 Å². The van der Waals surface area contributed by atoms with Crippen molar-refractivity contribution < 1.29 is 0 Å². The topological polar surface area (TPSA) is 50.7 Å². The van der Waals surface area contributed by atoms with Gasteiger partial charge in [0, 0.05) is 17.7 Å². The summed E-state index contributed by atoms with van der Waals surface area (Å²) in [5.74, 6) is 0. The summed E-state index contributed by atoms with van der Waals surface area (Å²) in [6.07, 6.45) is 6.38. The van der Waals surface area contributed by atoms with Gasteiger partial charge in [0.15, 0.2) is 0 Å². The molecule has 2 aliphatic rings. The molecule has 0 amide bonds. The third-order valence-corrected chi connectivity index (χ3v) is 1.56. The van der Waals surface area contributed by atoms with Crippen LogP contribution in [-0.4, -0.2) is 11.9 Å². The molecule has 0 fully saturated rings. The number of allylic oxidation sites excluding steroid dienone is 3. The molecule has 0 aromatic rings. The molecule has 0 aromatic heterocycles. The van der Waals surface area contributed by atoms with Gasteiger partial charge in [0.1, 0.15) is 0 Å². The molecule has 0 atom stereocenters. The summed E-state index contributed by atoms with van der Waals surface area (Å²) in [7, 11) is 0. The van der Waals surface area contributed by atoms with Crippen molar-refractivity contribution in [1.29, 1.82) is 0 Å². The number of rotatable bonds is 0. The second kappa shape index (κ2) is 1.80.